The molecule has 0 aromatic carbocycles. The first-order valence-electron chi connectivity index (χ1n) is 3.68. The van der Waals surface area contributed by atoms with E-state index < -0.39 is 11.6 Å². The highest BCUT2D eigenvalue weighted by Crippen LogP contribution is 2.10. The fraction of sp³-hybridized carbons (Fsp3) is 0.250. The number of anilines is 1. The molecule has 0 aliphatic rings. The Labute approximate surface area is 74.7 Å². The SMILES string of the molecule is C=CN(C)c1nc(F)[nH]c(=O)c1C. The number of H-pyrrole nitrogens is 1. The molecule has 0 bridgehead atoms. The Bertz CT molecular complexity index is 385. The third-order valence-corrected chi connectivity index (χ3v) is 1.70. The lowest BCUT2D eigenvalue weighted by atomic mass is 10.3. The van der Waals surface area contributed by atoms with E-state index in [0.29, 0.717) is 5.56 Å². The van der Waals surface area contributed by atoms with Crippen LogP contribution in [0.5, 0.6) is 0 Å². The third-order valence-electron chi connectivity index (χ3n) is 1.70. The highest BCUT2D eigenvalue weighted by atomic mass is 19.1. The second-order valence-electron chi connectivity index (χ2n) is 2.60. The van der Waals surface area contributed by atoms with E-state index in [0.717, 1.165) is 0 Å². The molecule has 70 valence electrons. The number of aromatic amines is 1. The van der Waals surface area contributed by atoms with Gasteiger partial charge in [-0.1, -0.05) is 6.58 Å². The van der Waals surface area contributed by atoms with E-state index in [4.69, 9.17) is 0 Å². The summed E-state index contributed by atoms with van der Waals surface area (Å²) < 4.78 is 12.7. The Kier molecular flexibility index (Phi) is 2.46. The number of nitrogens with one attached hydrogen (secondary N) is 1. The minimum Gasteiger partial charge on any atom is -0.336 e. The van der Waals surface area contributed by atoms with Crippen LogP contribution in [0.4, 0.5) is 10.2 Å². The Morgan fingerprint density at radius 1 is 1.69 bits per heavy atom. The summed E-state index contributed by atoms with van der Waals surface area (Å²) >= 11 is 0. The standard InChI is InChI=1S/C8H10FN3O/c1-4-12(3)6-5(2)7(13)11-8(9)10-6/h4H,1H2,2-3H3,(H,10,11,13). The van der Waals surface area contributed by atoms with Crippen molar-refractivity contribution in [2.75, 3.05) is 11.9 Å². The molecule has 0 fully saturated rings. The molecule has 13 heavy (non-hydrogen) atoms. The van der Waals surface area contributed by atoms with Crippen LogP contribution in [0.15, 0.2) is 17.6 Å². The Morgan fingerprint density at radius 3 is 2.85 bits per heavy atom. The van der Waals surface area contributed by atoms with E-state index in [1.54, 1.807) is 14.0 Å². The first kappa shape index (κ1) is 9.44. The van der Waals surface area contributed by atoms with Gasteiger partial charge in [0.25, 0.3) is 11.6 Å². The van der Waals surface area contributed by atoms with Crippen molar-refractivity contribution in [3.05, 3.63) is 34.8 Å². The lowest BCUT2D eigenvalue weighted by molar-refractivity contribution is 0.533. The highest BCUT2D eigenvalue weighted by Gasteiger charge is 2.08. The van der Waals surface area contributed by atoms with Crippen molar-refractivity contribution in [3.63, 3.8) is 0 Å². The Hall–Kier alpha value is -1.65. The van der Waals surface area contributed by atoms with Gasteiger partial charge in [-0.15, -0.1) is 0 Å². The molecule has 1 heterocycles. The van der Waals surface area contributed by atoms with Crippen LogP contribution in [0, 0.1) is 13.0 Å². The van der Waals surface area contributed by atoms with Crippen molar-refractivity contribution in [2.24, 2.45) is 0 Å². The molecule has 0 radical (unpaired) electrons. The predicted molar refractivity (Wildman–Crippen MR) is 48.2 cm³/mol. The first-order valence-corrected chi connectivity index (χ1v) is 3.68. The number of halogens is 1. The average molecular weight is 183 g/mol. The Morgan fingerprint density at radius 2 is 2.31 bits per heavy atom. The van der Waals surface area contributed by atoms with Crippen LogP contribution < -0.4 is 10.5 Å². The van der Waals surface area contributed by atoms with Crippen molar-refractivity contribution in [1.29, 1.82) is 0 Å². The summed E-state index contributed by atoms with van der Waals surface area (Å²) in [4.78, 5) is 18.1. The largest absolute Gasteiger partial charge is 0.336 e. The van der Waals surface area contributed by atoms with Crippen molar-refractivity contribution in [1.82, 2.24) is 9.97 Å². The summed E-state index contributed by atoms with van der Waals surface area (Å²) in [5.74, 6) is 0.274. The molecule has 1 N–H and O–H groups in total. The van der Waals surface area contributed by atoms with Crippen molar-refractivity contribution >= 4 is 5.82 Å². The fourth-order valence-electron chi connectivity index (χ4n) is 0.924. The summed E-state index contributed by atoms with van der Waals surface area (Å²) in [6.07, 6.45) is 0.563. The van der Waals surface area contributed by atoms with Crippen LogP contribution in [0.1, 0.15) is 5.56 Å². The van der Waals surface area contributed by atoms with Gasteiger partial charge < -0.3 is 4.90 Å². The molecule has 4 nitrogen and oxygen atoms in total. The van der Waals surface area contributed by atoms with E-state index >= 15 is 0 Å². The van der Waals surface area contributed by atoms with Crippen LogP contribution in [0.2, 0.25) is 0 Å². The summed E-state index contributed by atoms with van der Waals surface area (Å²) in [7, 11) is 1.64. The zero-order chi connectivity index (χ0) is 10.0. The quantitative estimate of drug-likeness (QED) is 0.690. The molecule has 5 heteroatoms. The number of hydrogen-bond acceptors (Lipinski definition) is 3. The first-order chi connectivity index (χ1) is 6.06. The maximum atomic E-state index is 12.7. The van der Waals surface area contributed by atoms with Gasteiger partial charge in [-0.05, 0) is 13.1 Å². The zero-order valence-corrected chi connectivity index (χ0v) is 7.47. The number of rotatable bonds is 2. The number of hydrogen-bond donors (Lipinski definition) is 1. The number of nitrogens with zero attached hydrogens (tertiary/aromatic N) is 2. The van der Waals surface area contributed by atoms with Gasteiger partial charge in [0.05, 0.1) is 5.56 Å². The number of aromatic nitrogens is 2. The normalized spacial score (nSPS) is 9.77. The summed E-state index contributed by atoms with van der Waals surface area (Å²) in [6, 6.07) is 0. The highest BCUT2D eigenvalue weighted by molar-refractivity contribution is 5.45. The van der Waals surface area contributed by atoms with E-state index in [1.165, 1.54) is 11.1 Å². The van der Waals surface area contributed by atoms with Gasteiger partial charge in [0.15, 0.2) is 0 Å². The summed E-state index contributed by atoms with van der Waals surface area (Å²) in [5, 5.41) is 0. The molecule has 1 aromatic rings. The second-order valence-corrected chi connectivity index (χ2v) is 2.60. The zero-order valence-electron chi connectivity index (χ0n) is 7.47. The smallest absolute Gasteiger partial charge is 0.291 e. The van der Waals surface area contributed by atoms with Gasteiger partial charge in [0.2, 0.25) is 0 Å². The monoisotopic (exact) mass is 183 g/mol. The third kappa shape index (κ3) is 1.74. The van der Waals surface area contributed by atoms with Crippen molar-refractivity contribution < 1.29 is 4.39 Å². The van der Waals surface area contributed by atoms with Crippen LogP contribution in [0.25, 0.3) is 0 Å². The lowest BCUT2D eigenvalue weighted by Crippen LogP contribution is -2.20. The molecule has 0 aliphatic carbocycles. The van der Waals surface area contributed by atoms with Gasteiger partial charge in [-0.3, -0.25) is 9.78 Å². The molecule has 1 rings (SSSR count). The van der Waals surface area contributed by atoms with Gasteiger partial charge in [-0.25, -0.2) is 0 Å². The molecular weight excluding hydrogens is 173 g/mol. The Balaban J connectivity index is 3.36. The van der Waals surface area contributed by atoms with Crippen LogP contribution in [-0.4, -0.2) is 17.0 Å². The topological polar surface area (TPSA) is 49.0 Å². The molecule has 0 unspecified atom stereocenters. The van der Waals surface area contributed by atoms with Crippen LogP contribution >= 0.6 is 0 Å². The van der Waals surface area contributed by atoms with E-state index in [2.05, 4.69) is 11.6 Å². The minimum absolute atomic E-state index is 0.274. The van der Waals surface area contributed by atoms with Crippen LogP contribution in [0.3, 0.4) is 0 Å². The van der Waals surface area contributed by atoms with Crippen molar-refractivity contribution in [2.45, 2.75) is 6.92 Å². The molecule has 1 aromatic heterocycles. The molecule has 0 spiro atoms. The average Bonchev–Trinajstić information content (AvgIpc) is 2.10. The maximum absolute atomic E-state index is 12.7. The van der Waals surface area contributed by atoms with Gasteiger partial charge >= 0.3 is 0 Å². The molecule has 0 aliphatic heterocycles. The summed E-state index contributed by atoms with van der Waals surface area (Å²) in [5.41, 5.74) is -0.111. The minimum atomic E-state index is -0.890. The lowest BCUT2D eigenvalue weighted by Gasteiger charge is -2.13. The summed E-state index contributed by atoms with van der Waals surface area (Å²) in [6.45, 7) is 5.06. The van der Waals surface area contributed by atoms with E-state index in [1.807, 2.05) is 4.98 Å². The van der Waals surface area contributed by atoms with Crippen LogP contribution in [-0.2, 0) is 0 Å². The van der Waals surface area contributed by atoms with Gasteiger partial charge in [-0.2, -0.15) is 9.37 Å². The molecule has 0 amide bonds. The molecule has 0 saturated heterocycles. The fourth-order valence-corrected chi connectivity index (χ4v) is 0.924. The maximum Gasteiger partial charge on any atom is 0.291 e. The second kappa shape index (κ2) is 3.38. The molecular formula is C8H10FN3O. The van der Waals surface area contributed by atoms with E-state index in [9.17, 15) is 9.18 Å². The molecule has 0 atom stereocenters. The molecule has 0 saturated carbocycles. The van der Waals surface area contributed by atoms with Gasteiger partial charge in [0, 0.05) is 7.05 Å². The predicted octanol–water partition coefficient (Wildman–Crippen LogP) is 0.797. The van der Waals surface area contributed by atoms with Gasteiger partial charge in [0.1, 0.15) is 5.82 Å². The van der Waals surface area contributed by atoms with E-state index in [-0.39, 0.29) is 5.82 Å². The van der Waals surface area contributed by atoms with Crippen molar-refractivity contribution in [3.8, 4) is 0 Å².